The molecule has 2 rings (SSSR count). The van der Waals surface area contributed by atoms with Crippen LogP contribution in [0.1, 0.15) is 31.0 Å². The van der Waals surface area contributed by atoms with Crippen molar-refractivity contribution in [1.82, 2.24) is 15.1 Å². The van der Waals surface area contributed by atoms with E-state index in [1.165, 1.54) is 0 Å². The van der Waals surface area contributed by atoms with E-state index in [0.717, 1.165) is 11.3 Å². The zero-order valence-corrected chi connectivity index (χ0v) is 11.0. The third-order valence-corrected chi connectivity index (χ3v) is 3.60. The molecular formula is C13H18N4O. The van der Waals surface area contributed by atoms with E-state index in [1.54, 1.807) is 4.68 Å². The largest absolute Gasteiger partial charge is 0.351 e. The number of carbonyl (C=O) groups is 1. The van der Waals surface area contributed by atoms with Crippen molar-refractivity contribution in [3.8, 4) is 6.07 Å². The van der Waals surface area contributed by atoms with Gasteiger partial charge >= 0.3 is 0 Å². The maximum atomic E-state index is 12.1. The molecule has 1 heterocycles. The fourth-order valence-electron chi connectivity index (χ4n) is 2.62. The van der Waals surface area contributed by atoms with Gasteiger partial charge in [0.25, 0.3) is 0 Å². The first-order chi connectivity index (χ1) is 8.47. The molecule has 0 aromatic carbocycles. The van der Waals surface area contributed by atoms with Gasteiger partial charge in [0.15, 0.2) is 0 Å². The Hall–Kier alpha value is -1.83. The van der Waals surface area contributed by atoms with Crippen LogP contribution in [0, 0.1) is 29.6 Å². The molecule has 0 bridgehead atoms. The van der Waals surface area contributed by atoms with Crippen LogP contribution >= 0.6 is 0 Å². The summed E-state index contributed by atoms with van der Waals surface area (Å²) in [5.74, 6) is 0.321. The van der Waals surface area contributed by atoms with Gasteiger partial charge in [-0.25, -0.2) is 0 Å². The van der Waals surface area contributed by atoms with E-state index < -0.39 is 5.41 Å². The monoisotopic (exact) mass is 246 g/mol. The molecule has 0 atom stereocenters. The van der Waals surface area contributed by atoms with Gasteiger partial charge in [-0.1, -0.05) is 6.92 Å². The standard InChI is InChI=1S/C13H18N4O/c1-9-4-13(5-9,8-14)12(18)15-6-11-7-17(3)16-10(11)2/h7,9H,4-6H2,1-3H3,(H,15,18). The Labute approximate surface area is 107 Å². The topological polar surface area (TPSA) is 70.7 Å². The van der Waals surface area contributed by atoms with Crippen molar-refractivity contribution in [2.75, 3.05) is 0 Å². The van der Waals surface area contributed by atoms with E-state index in [0.29, 0.717) is 25.3 Å². The zero-order valence-electron chi connectivity index (χ0n) is 11.0. The molecule has 1 amide bonds. The minimum atomic E-state index is -0.796. The van der Waals surface area contributed by atoms with Gasteiger partial charge < -0.3 is 5.32 Å². The smallest absolute Gasteiger partial charge is 0.240 e. The Morgan fingerprint density at radius 2 is 2.39 bits per heavy atom. The minimum Gasteiger partial charge on any atom is -0.351 e. The minimum absolute atomic E-state index is 0.147. The lowest BCUT2D eigenvalue weighted by Gasteiger charge is -2.39. The predicted molar refractivity (Wildman–Crippen MR) is 66.2 cm³/mol. The Morgan fingerprint density at radius 1 is 1.72 bits per heavy atom. The van der Waals surface area contributed by atoms with Crippen LogP contribution in [0.15, 0.2) is 6.20 Å². The summed E-state index contributed by atoms with van der Waals surface area (Å²) in [4.78, 5) is 12.1. The highest BCUT2D eigenvalue weighted by Crippen LogP contribution is 2.45. The summed E-state index contributed by atoms with van der Waals surface area (Å²) in [6, 6.07) is 2.17. The van der Waals surface area contributed by atoms with Gasteiger partial charge in [-0.05, 0) is 25.7 Å². The van der Waals surface area contributed by atoms with Crippen molar-refractivity contribution in [3.63, 3.8) is 0 Å². The van der Waals surface area contributed by atoms with Gasteiger partial charge in [-0.3, -0.25) is 9.48 Å². The van der Waals surface area contributed by atoms with E-state index in [4.69, 9.17) is 5.26 Å². The zero-order chi connectivity index (χ0) is 13.3. The molecule has 1 aromatic heterocycles. The third-order valence-electron chi connectivity index (χ3n) is 3.60. The fraction of sp³-hybridized carbons (Fsp3) is 0.615. The van der Waals surface area contributed by atoms with Gasteiger partial charge in [0.2, 0.25) is 5.91 Å². The van der Waals surface area contributed by atoms with Crippen LogP contribution < -0.4 is 5.32 Å². The van der Waals surface area contributed by atoms with Crippen LogP contribution in [0.5, 0.6) is 0 Å². The Morgan fingerprint density at radius 3 is 2.83 bits per heavy atom. The summed E-state index contributed by atoms with van der Waals surface area (Å²) >= 11 is 0. The maximum Gasteiger partial charge on any atom is 0.240 e. The lowest BCUT2D eigenvalue weighted by Crippen LogP contribution is -2.47. The molecule has 1 saturated carbocycles. The molecule has 1 aliphatic rings. The highest BCUT2D eigenvalue weighted by Gasteiger charge is 2.48. The average molecular weight is 246 g/mol. The molecule has 1 N–H and O–H groups in total. The van der Waals surface area contributed by atoms with Crippen LogP contribution in [-0.2, 0) is 18.4 Å². The van der Waals surface area contributed by atoms with Gasteiger partial charge in [0.1, 0.15) is 5.41 Å². The molecule has 0 aliphatic heterocycles. The van der Waals surface area contributed by atoms with Crippen molar-refractivity contribution >= 4 is 5.91 Å². The molecular weight excluding hydrogens is 228 g/mol. The number of aromatic nitrogens is 2. The van der Waals surface area contributed by atoms with E-state index in [1.807, 2.05) is 20.2 Å². The van der Waals surface area contributed by atoms with E-state index in [9.17, 15) is 4.79 Å². The molecule has 5 nitrogen and oxygen atoms in total. The van der Waals surface area contributed by atoms with Crippen LogP contribution in [0.25, 0.3) is 0 Å². The summed E-state index contributed by atoms with van der Waals surface area (Å²) in [5.41, 5.74) is 1.10. The Kier molecular flexibility index (Phi) is 3.12. The molecule has 0 unspecified atom stereocenters. The molecule has 0 spiro atoms. The van der Waals surface area contributed by atoms with Crippen molar-refractivity contribution in [1.29, 1.82) is 5.26 Å². The molecule has 0 saturated heterocycles. The van der Waals surface area contributed by atoms with Crippen LogP contribution in [0.4, 0.5) is 0 Å². The van der Waals surface area contributed by atoms with Crippen LogP contribution in [0.2, 0.25) is 0 Å². The number of nitrogens with zero attached hydrogens (tertiary/aromatic N) is 3. The second-order valence-electron chi connectivity index (χ2n) is 5.30. The van der Waals surface area contributed by atoms with E-state index >= 15 is 0 Å². The molecule has 5 heteroatoms. The van der Waals surface area contributed by atoms with Crippen molar-refractivity contribution < 1.29 is 4.79 Å². The third kappa shape index (κ3) is 2.10. The lowest BCUT2D eigenvalue weighted by atomic mass is 9.63. The molecule has 0 radical (unpaired) electrons. The van der Waals surface area contributed by atoms with Crippen molar-refractivity contribution in [2.24, 2.45) is 18.4 Å². The molecule has 1 fully saturated rings. The van der Waals surface area contributed by atoms with E-state index in [-0.39, 0.29) is 5.91 Å². The lowest BCUT2D eigenvalue weighted by molar-refractivity contribution is -0.134. The maximum absolute atomic E-state index is 12.1. The fourth-order valence-corrected chi connectivity index (χ4v) is 2.62. The van der Waals surface area contributed by atoms with Crippen molar-refractivity contribution in [3.05, 3.63) is 17.5 Å². The SMILES string of the molecule is Cc1nn(C)cc1CNC(=O)C1(C#N)CC(C)C1. The number of amides is 1. The summed E-state index contributed by atoms with van der Waals surface area (Å²) in [6.07, 6.45) is 3.22. The number of rotatable bonds is 3. The highest BCUT2D eigenvalue weighted by molar-refractivity contribution is 5.86. The van der Waals surface area contributed by atoms with Gasteiger partial charge in [0.05, 0.1) is 11.8 Å². The van der Waals surface area contributed by atoms with Gasteiger partial charge in [0, 0.05) is 25.4 Å². The highest BCUT2D eigenvalue weighted by atomic mass is 16.2. The number of carbonyl (C=O) groups excluding carboxylic acids is 1. The Bertz CT molecular complexity index is 506. The summed E-state index contributed by atoms with van der Waals surface area (Å²) in [7, 11) is 1.85. The van der Waals surface area contributed by atoms with Crippen LogP contribution in [-0.4, -0.2) is 15.7 Å². The molecule has 18 heavy (non-hydrogen) atoms. The molecule has 1 aliphatic carbocycles. The summed E-state index contributed by atoms with van der Waals surface area (Å²) < 4.78 is 1.72. The number of nitriles is 1. The molecule has 1 aromatic rings. The predicted octanol–water partition coefficient (Wildman–Crippen LogP) is 1.28. The average Bonchev–Trinajstić information content (AvgIpc) is 2.60. The first kappa shape index (κ1) is 12.6. The van der Waals surface area contributed by atoms with Gasteiger partial charge in [-0.15, -0.1) is 0 Å². The number of hydrogen-bond acceptors (Lipinski definition) is 3. The second-order valence-corrected chi connectivity index (χ2v) is 5.30. The van der Waals surface area contributed by atoms with Crippen molar-refractivity contribution in [2.45, 2.75) is 33.2 Å². The summed E-state index contributed by atoms with van der Waals surface area (Å²) in [5, 5.41) is 16.2. The van der Waals surface area contributed by atoms with Crippen LogP contribution in [0.3, 0.4) is 0 Å². The normalized spacial score (nSPS) is 26.2. The van der Waals surface area contributed by atoms with E-state index in [2.05, 4.69) is 23.4 Å². The number of aryl methyl sites for hydroxylation is 2. The number of hydrogen-bond donors (Lipinski definition) is 1. The second kappa shape index (κ2) is 4.45. The first-order valence-corrected chi connectivity index (χ1v) is 6.15. The molecule has 96 valence electrons. The summed E-state index contributed by atoms with van der Waals surface area (Å²) in [6.45, 7) is 4.41. The Balaban J connectivity index is 1.97. The van der Waals surface area contributed by atoms with Gasteiger partial charge in [-0.2, -0.15) is 10.4 Å². The quantitative estimate of drug-likeness (QED) is 0.873. The first-order valence-electron chi connectivity index (χ1n) is 6.15. The number of nitrogens with one attached hydrogen (secondary N) is 1.